The Balaban J connectivity index is 3.32. The molecule has 0 heterocycles. The van der Waals surface area contributed by atoms with Gasteiger partial charge in [-0.15, -0.1) is 0 Å². The van der Waals surface area contributed by atoms with E-state index in [9.17, 15) is 4.79 Å². The Morgan fingerprint density at radius 3 is 2.50 bits per heavy atom. The Morgan fingerprint density at radius 1 is 1.88 bits per heavy atom. The van der Waals surface area contributed by atoms with Crippen molar-refractivity contribution in [3.63, 3.8) is 0 Å². The molecule has 0 aliphatic heterocycles. The van der Waals surface area contributed by atoms with Crippen molar-refractivity contribution in [1.29, 1.82) is 0 Å². The van der Waals surface area contributed by atoms with E-state index in [1.165, 1.54) is 6.92 Å². The number of carbonyl (C=O) groups is 1. The summed E-state index contributed by atoms with van der Waals surface area (Å²) < 4.78 is 0. The molecule has 0 aliphatic carbocycles. The Morgan fingerprint density at radius 2 is 2.38 bits per heavy atom. The number of ketones is 1. The van der Waals surface area contributed by atoms with E-state index < -0.39 is 6.23 Å². The third-order valence-electron chi connectivity index (χ3n) is 0.783. The number of likely N-dealkylation sites (N-methyl/N-ethyl adjacent to an activating group) is 1. The minimum Gasteiger partial charge on any atom is -0.371 e. The zero-order chi connectivity index (χ0) is 6.57. The van der Waals surface area contributed by atoms with Crippen LogP contribution in [0.4, 0.5) is 0 Å². The van der Waals surface area contributed by atoms with Crippen LogP contribution in [0.15, 0.2) is 0 Å². The maximum Gasteiger partial charge on any atom is 0.173 e. The molecule has 3 heteroatoms. The Hall–Kier alpha value is -0.410. The number of Topliss-reactive ketones (excluding diaryl/α,β-unsaturated/α-hetero) is 1. The van der Waals surface area contributed by atoms with Crippen LogP contribution in [-0.2, 0) is 4.79 Å². The highest BCUT2D eigenvalue weighted by Crippen LogP contribution is 1.75. The molecule has 0 fully saturated rings. The summed E-state index contributed by atoms with van der Waals surface area (Å²) in [6, 6.07) is 0. The maximum absolute atomic E-state index is 10.2. The molecular weight excluding hydrogens is 106 g/mol. The first-order chi connectivity index (χ1) is 3.68. The molecule has 2 N–H and O–H groups in total. The molecule has 8 heavy (non-hydrogen) atoms. The molecule has 48 valence electrons. The summed E-state index contributed by atoms with van der Waals surface area (Å²) in [4.78, 5) is 10.2. The van der Waals surface area contributed by atoms with E-state index in [2.05, 4.69) is 5.32 Å². The number of hydrogen-bond donors (Lipinski definition) is 2. The molecule has 0 aromatic rings. The van der Waals surface area contributed by atoms with Gasteiger partial charge in [-0.2, -0.15) is 0 Å². The van der Waals surface area contributed by atoms with Gasteiger partial charge in [0, 0.05) is 0 Å². The highest BCUT2D eigenvalue weighted by Gasteiger charge is 2.04. The zero-order valence-electron chi connectivity index (χ0n) is 5.14. The summed E-state index contributed by atoms with van der Waals surface area (Å²) in [5, 5.41) is 11.2. The van der Waals surface area contributed by atoms with Crippen LogP contribution in [0.5, 0.6) is 0 Å². The molecule has 0 saturated carbocycles. The zero-order valence-corrected chi connectivity index (χ0v) is 5.14. The lowest BCUT2D eigenvalue weighted by Gasteiger charge is -2.04. The molecule has 0 amide bonds. The van der Waals surface area contributed by atoms with Gasteiger partial charge in [0.2, 0.25) is 0 Å². The van der Waals surface area contributed by atoms with Crippen LogP contribution < -0.4 is 5.32 Å². The highest BCUT2D eigenvalue weighted by molar-refractivity contribution is 5.79. The van der Waals surface area contributed by atoms with Gasteiger partial charge in [0.1, 0.15) is 0 Å². The number of carbonyl (C=O) groups excluding carboxylic acids is 1. The second kappa shape index (κ2) is 3.57. The van der Waals surface area contributed by atoms with Crippen molar-refractivity contribution in [3.05, 3.63) is 0 Å². The van der Waals surface area contributed by atoms with Gasteiger partial charge in [-0.25, -0.2) is 0 Å². The first kappa shape index (κ1) is 7.59. The average Bonchev–Trinajstić information content (AvgIpc) is 1.67. The molecule has 1 unspecified atom stereocenters. The van der Waals surface area contributed by atoms with Gasteiger partial charge in [-0.3, -0.25) is 10.1 Å². The molecule has 0 aromatic carbocycles. The Kier molecular flexibility index (Phi) is 3.39. The number of aliphatic hydroxyl groups excluding tert-OH is 1. The lowest BCUT2D eigenvalue weighted by molar-refractivity contribution is -0.126. The van der Waals surface area contributed by atoms with Crippen LogP contribution in [0, 0.1) is 0 Å². The van der Waals surface area contributed by atoms with Gasteiger partial charge in [-0.05, 0) is 13.5 Å². The summed E-state index contributed by atoms with van der Waals surface area (Å²) in [7, 11) is 0. The van der Waals surface area contributed by atoms with E-state index in [1.54, 1.807) is 0 Å². The molecule has 3 nitrogen and oxygen atoms in total. The fourth-order valence-electron chi connectivity index (χ4n) is 0.337. The van der Waals surface area contributed by atoms with E-state index >= 15 is 0 Å². The molecule has 0 rings (SSSR count). The van der Waals surface area contributed by atoms with E-state index in [1.807, 2.05) is 6.92 Å². The van der Waals surface area contributed by atoms with E-state index in [0.29, 0.717) is 6.54 Å². The molecule has 0 radical (unpaired) electrons. The Labute approximate surface area is 48.7 Å². The van der Waals surface area contributed by atoms with Crippen molar-refractivity contribution in [2.45, 2.75) is 20.1 Å². The monoisotopic (exact) mass is 117 g/mol. The largest absolute Gasteiger partial charge is 0.371 e. The van der Waals surface area contributed by atoms with Crippen LogP contribution in [0.1, 0.15) is 13.8 Å². The molecule has 0 aromatic heterocycles. The molecule has 0 spiro atoms. The van der Waals surface area contributed by atoms with Crippen molar-refractivity contribution < 1.29 is 9.90 Å². The predicted octanol–water partition coefficient (Wildman–Crippen LogP) is -0.497. The van der Waals surface area contributed by atoms with Gasteiger partial charge in [0.25, 0.3) is 0 Å². The third-order valence-corrected chi connectivity index (χ3v) is 0.783. The second-order valence-electron chi connectivity index (χ2n) is 1.57. The van der Waals surface area contributed by atoms with Crippen molar-refractivity contribution in [1.82, 2.24) is 5.32 Å². The first-order valence-electron chi connectivity index (χ1n) is 2.60. The van der Waals surface area contributed by atoms with Crippen molar-refractivity contribution in [2.24, 2.45) is 0 Å². The van der Waals surface area contributed by atoms with Crippen LogP contribution in [-0.4, -0.2) is 23.7 Å². The van der Waals surface area contributed by atoms with Crippen LogP contribution >= 0.6 is 0 Å². The van der Waals surface area contributed by atoms with E-state index in [-0.39, 0.29) is 5.78 Å². The van der Waals surface area contributed by atoms with E-state index in [4.69, 9.17) is 5.11 Å². The van der Waals surface area contributed by atoms with Crippen molar-refractivity contribution in [2.75, 3.05) is 6.54 Å². The fraction of sp³-hybridized carbons (Fsp3) is 0.800. The van der Waals surface area contributed by atoms with Gasteiger partial charge in [-0.1, -0.05) is 6.92 Å². The fourth-order valence-corrected chi connectivity index (χ4v) is 0.337. The summed E-state index contributed by atoms with van der Waals surface area (Å²) in [5.41, 5.74) is 0. The van der Waals surface area contributed by atoms with Gasteiger partial charge in [0.15, 0.2) is 12.0 Å². The SMILES string of the molecule is CCNC(O)C(C)=O. The number of rotatable bonds is 3. The highest BCUT2D eigenvalue weighted by atomic mass is 16.3. The van der Waals surface area contributed by atoms with E-state index in [0.717, 1.165) is 0 Å². The molecule has 0 aliphatic rings. The molecule has 1 atom stereocenters. The summed E-state index contributed by atoms with van der Waals surface area (Å²) >= 11 is 0. The van der Waals surface area contributed by atoms with Crippen LogP contribution in [0.2, 0.25) is 0 Å². The Bertz CT molecular complexity index is 82.5. The minimum absolute atomic E-state index is 0.244. The summed E-state index contributed by atoms with van der Waals surface area (Å²) in [5.74, 6) is -0.244. The third kappa shape index (κ3) is 2.71. The molecule has 0 bridgehead atoms. The minimum atomic E-state index is -0.972. The average molecular weight is 117 g/mol. The first-order valence-corrected chi connectivity index (χ1v) is 2.60. The van der Waals surface area contributed by atoms with Gasteiger partial charge in [0.05, 0.1) is 0 Å². The van der Waals surface area contributed by atoms with Crippen LogP contribution in [0.25, 0.3) is 0 Å². The lowest BCUT2D eigenvalue weighted by Crippen LogP contribution is -2.34. The predicted molar refractivity (Wildman–Crippen MR) is 30.4 cm³/mol. The van der Waals surface area contributed by atoms with Gasteiger partial charge >= 0.3 is 0 Å². The van der Waals surface area contributed by atoms with Crippen molar-refractivity contribution in [3.8, 4) is 0 Å². The smallest absolute Gasteiger partial charge is 0.173 e. The van der Waals surface area contributed by atoms with Crippen molar-refractivity contribution >= 4 is 5.78 Å². The summed E-state index contributed by atoms with van der Waals surface area (Å²) in [6.45, 7) is 3.78. The normalized spacial score (nSPS) is 13.4. The van der Waals surface area contributed by atoms with Crippen LogP contribution in [0.3, 0.4) is 0 Å². The van der Waals surface area contributed by atoms with Gasteiger partial charge < -0.3 is 5.11 Å². The number of aliphatic hydroxyl groups is 1. The summed E-state index contributed by atoms with van der Waals surface area (Å²) in [6.07, 6.45) is -0.972. The number of nitrogens with one attached hydrogen (secondary N) is 1. The second-order valence-corrected chi connectivity index (χ2v) is 1.57. The molecule has 0 saturated heterocycles. The standard InChI is InChI=1S/C5H11NO2/c1-3-6-5(8)4(2)7/h5-6,8H,3H2,1-2H3. The molecular formula is C5H11NO2. The lowest BCUT2D eigenvalue weighted by atomic mass is 10.4. The quantitative estimate of drug-likeness (QED) is 0.490. The number of hydrogen-bond acceptors (Lipinski definition) is 3. The maximum atomic E-state index is 10.2. The topological polar surface area (TPSA) is 49.3 Å².